The number of carbonyl (C=O) groups is 1. The lowest BCUT2D eigenvalue weighted by atomic mass is 10.2. The van der Waals surface area contributed by atoms with Gasteiger partial charge < -0.3 is 5.11 Å². The van der Waals surface area contributed by atoms with Crippen molar-refractivity contribution in [1.82, 2.24) is 9.71 Å². The number of thiazole rings is 1. The van der Waals surface area contributed by atoms with E-state index in [4.69, 9.17) is 5.11 Å². The van der Waals surface area contributed by atoms with Crippen molar-refractivity contribution < 1.29 is 18.3 Å². The van der Waals surface area contributed by atoms with Gasteiger partial charge in [0.2, 0.25) is 0 Å². The van der Waals surface area contributed by atoms with Crippen LogP contribution in [-0.4, -0.2) is 24.5 Å². The Hall–Kier alpha value is -1.29. The molecule has 0 aliphatic heterocycles. The number of sulfonamides is 1. The van der Waals surface area contributed by atoms with E-state index < -0.39 is 21.7 Å². The molecular formula is C11H9BrN2O4S2. The zero-order chi connectivity index (χ0) is 14.8. The largest absolute Gasteiger partial charge is 0.476 e. The zero-order valence-corrected chi connectivity index (χ0v) is 13.1. The second-order valence-electron chi connectivity index (χ2n) is 3.75. The summed E-state index contributed by atoms with van der Waals surface area (Å²) >= 11 is 4.06. The maximum atomic E-state index is 12.1. The molecule has 0 spiro atoms. The number of halogens is 1. The van der Waals surface area contributed by atoms with E-state index in [1.165, 1.54) is 5.51 Å². The molecule has 9 heteroatoms. The molecule has 0 saturated carbocycles. The van der Waals surface area contributed by atoms with Crippen LogP contribution >= 0.6 is 27.3 Å². The Labute approximate surface area is 127 Å². The van der Waals surface area contributed by atoms with Crippen molar-refractivity contribution >= 4 is 43.3 Å². The summed E-state index contributed by atoms with van der Waals surface area (Å²) in [6.45, 7) is 0.0682. The van der Waals surface area contributed by atoms with Crippen LogP contribution in [0, 0.1) is 0 Å². The summed E-state index contributed by atoms with van der Waals surface area (Å²) in [7, 11) is -3.89. The number of nitrogens with one attached hydrogen (secondary N) is 1. The summed E-state index contributed by atoms with van der Waals surface area (Å²) in [6.07, 6.45) is 0. The van der Waals surface area contributed by atoms with Crippen molar-refractivity contribution in [2.45, 2.75) is 10.8 Å². The first kappa shape index (κ1) is 15.1. The van der Waals surface area contributed by atoms with E-state index in [0.717, 1.165) is 21.4 Å². The number of aromatic nitrogens is 1. The number of nitrogens with zero attached hydrogens (tertiary/aromatic N) is 1. The van der Waals surface area contributed by atoms with Gasteiger partial charge in [-0.05, 0) is 17.7 Å². The molecular weight excluding hydrogens is 368 g/mol. The molecule has 0 saturated heterocycles. The third-order valence-corrected chi connectivity index (χ3v) is 5.60. The van der Waals surface area contributed by atoms with Gasteiger partial charge in [0.1, 0.15) is 0 Å². The van der Waals surface area contributed by atoms with E-state index in [1.54, 1.807) is 18.2 Å². The molecule has 1 aromatic carbocycles. The van der Waals surface area contributed by atoms with E-state index in [0.29, 0.717) is 0 Å². The number of rotatable bonds is 5. The van der Waals surface area contributed by atoms with Gasteiger partial charge in [-0.15, -0.1) is 11.3 Å². The molecule has 1 heterocycles. The zero-order valence-electron chi connectivity index (χ0n) is 9.91. The van der Waals surface area contributed by atoms with Crippen LogP contribution in [0.1, 0.15) is 16.1 Å². The third kappa shape index (κ3) is 3.42. The van der Waals surface area contributed by atoms with Crippen LogP contribution in [0.25, 0.3) is 0 Å². The summed E-state index contributed by atoms with van der Waals surface area (Å²) in [5, 5.41) is 8.89. The molecule has 0 fully saturated rings. The highest BCUT2D eigenvalue weighted by Crippen LogP contribution is 2.20. The van der Waals surface area contributed by atoms with Crippen LogP contribution in [0.15, 0.2) is 38.5 Å². The number of aromatic carboxylic acids is 1. The van der Waals surface area contributed by atoms with E-state index in [-0.39, 0.29) is 10.8 Å². The predicted octanol–water partition coefficient (Wildman–Crippen LogP) is 2.08. The average molecular weight is 377 g/mol. The first-order valence-electron chi connectivity index (χ1n) is 5.31. The predicted molar refractivity (Wildman–Crippen MR) is 77.2 cm³/mol. The molecule has 20 heavy (non-hydrogen) atoms. The highest BCUT2D eigenvalue weighted by molar-refractivity contribution is 9.10. The third-order valence-electron chi connectivity index (χ3n) is 2.34. The second kappa shape index (κ2) is 6.00. The maximum absolute atomic E-state index is 12.1. The standard InChI is InChI=1S/C11H9BrN2O4S2/c12-8-3-1-2-7(4-8)5-14-20(17,18)11-9(10(15)16)13-6-19-11/h1-4,6,14H,5H2,(H,15,16). The van der Waals surface area contributed by atoms with Gasteiger partial charge in [0, 0.05) is 11.0 Å². The van der Waals surface area contributed by atoms with Crippen molar-refractivity contribution in [2.75, 3.05) is 0 Å². The first-order chi connectivity index (χ1) is 9.40. The molecule has 0 aliphatic rings. The van der Waals surface area contributed by atoms with Crippen molar-refractivity contribution in [3.8, 4) is 0 Å². The monoisotopic (exact) mass is 376 g/mol. The summed E-state index contributed by atoms with van der Waals surface area (Å²) in [5.41, 5.74) is 1.48. The van der Waals surface area contributed by atoms with Crippen LogP contribution in [-0.2, 0) is 16.6 Å². The molecule has 2 aromatic rings. The van der Waals surface area contributed by atoms with Gasteiger partial charge in [0.25, 0.3) is 10.0 Å². The molecule has 1 aromatic heterocycles. The highest BCUT2D eigenvalue weighted by atomic mass is 79.9. The molecule has 0 unspecified atom stereocenters. The molecule has 106 valence electrons. The van der Waals surface area contributed by atoms with Crippen molar-refractivity contribution in [1.29, 1.82) is 0 Å². The van der Waals surface area contributed by atoms with Crippen LogP contribution in [0.5, 0.6) is 0 Å². The number of benzene rings is 1. The summed E-state index contributed by atoms with van der Waals surface area (Å²) in [5.74, 6) is -1.37. The molecule has 2 rings (SSSR count). The number of hydrogen-bond acceptors (Lipinski definition) is 5. The van der Waals surface area contributed by atoms with Gasteiger partial charge >= 0.3 is 5.97 Å². The topological polar surface area (TPSA) is 96.4 Å². The van der Waals surface area contributed by atoms with Crippen LogP contribution in [0.4, 0.5) is 0 Å². The van der Waals surface area contributed by atoms with E-state index in [9.17, 15) is 13.2 Å². The van der Waals surface area contributed by atoms with Crippen LogP contribution in [0.2, 0.25) is 0 Å². The summed E-state index contributed by atoms with van der Waals surface area (Å²) < 4.78 is 27.0. The van der Waals surface area contributed by atoms with Gasteiger partial charge in [0.15, 0.2) is 9.90 Å². The Kier molecular flexibility index (Phi) is 4.53. The summed E-state index contributed by atoms with van der Waals surface area (Å²) in [6, 6.07) is 7.14. The maximum Gasteiger partial charge on any atom is 0.356 e. The fraction of sp³-hybridized carbons (Fsp3) is 0.0909. The highest BCUT2D eigenvalue weighted by Gasteiger charge is 2.25. The average Bonchev–Trinajstić information content (AvgIpc) is 2.87. The lowest BCUT2D eigenvalue weighted by molar-refractivity contribution is 0.0687. The fourth-order valence-electron chi connectivity index (χ4n) is 1.46. The van der Waals surface area contributed by atoms with Crippen LogP contribution in [0.3, 0.4) is 0 Å². The number of carboxylic acid groups (broad SMARTS) is 1. The Morgan fingerprint density at radius 3 is 2.85 bits per heavy atom. The molecule has 0 aliphatic carbocycles. The molecule has 0 radical (unpaired) electrons. The minimum Gasteiger partial charge on any atom is -0.476 e. The Bertz CT molecular complexity index is 742. The fourth-order valence-corrected chi connectivity index (χ4v) is 4.11. The van der Waals surface area contributed by atoms with Gasteiger partial charge in [-0.1, -0.05) is 28.1 Å². The number of hydrogen-bond donors (Lipinski definition) is 2. The van der Waals surface area contributed by atoms with Crippen molar-refractivity contribution in [3.05, 3.63) is 45.5 Å². The minimum atomic E-state index is -3.89. The summed E-state index contributed by atoms with van der Waals surface area (Å²) in [4.78, 5) is 14.4. The Morgan fingerprint density at radius 1 is 1.45 bits per heavy atom. The van der Waals surface area contributed by atoms with Crippen molar-refractivity contribution in [3.63, 3.8) is 0 Å². The molecule has 0 amide bonds. The first-order valence-corrected chi connectivity index (χ1v) is 8.46. The lowest BCUT2D eigenvalue weighted by Gasteiger charge is -2.06. The van der Waals surface area contributed by atoms with Crippen LogP contribution < -0.4 is 4.72 Å². The van der Waals surface area contributed by atoms with Gasteiger partial charge in [-0.3, -0.25) is 0 Å². The molecule has 0 bridgehead atoms. The molecule has 0 atom stereocenters. The van der Waals surface area contributed by atoms with E-state index in [2.05, 4.69) is 25.6 Å². The smallest absolute Gasteiger partial charge is 0.356 e. The lowest BCUT2D eigenvalue weighted by Crippen LogP contribution is -2.24. The Morgan fingerprint density at radius 2 is 2.20 bits per heavy atom. The second-order valence-corrected chi connectivity index (χ2v) is 7.48. The van der Waals surface area contributed by atoms with Gasteiger partial charge in [-0.2, -0.15) is 0 Å². The Balaban J connectivity index is 2.19. The molecule has 2 N–H and O–H groups in total. The van der Waals surface area contributed by atoms with E-state index >= 15 is 0 Å². The van der Waals surface area contributed by atoms with Gasteiger partial charge in [0.05, 0.1) is 5.51 Å². The SMILES string of the molecule is O=C(O)c1ncsc1S(=O)(=O)NCc1cccc(Br)c1. The molecule has 6 nitrogen and oxygen atoms in total. The quantitative estimate of drug-likeness (QED) is 0.832. The van der Waals surface area contributed by atoms with Crippen molar-refractivity contribution in [2.24, 2.45) is 0 Å². The normalized spacial score (nSPS) is 11.4. The number of carboxylic acids is 1. The van der Waals surface area contributed by atoms with E-state index in [1.807, 2.05) is 6.07 Å². The van der Waals surface area contributed by atoms with Gasteiger partial charge in [-0.25, -0.2) is 22.9 Å². The minimum absolute atomic E-state index is 0.0682.